The number of ketones is 2. The Hall–Kier alpha value is -2.49. The topological polar surface area (TPSA) is 60.4 Å². The van der Waals surface area contributed by atoms with Crippen molar-refractivity contribution in [3.8, 4) is 0 Å². The molecule has 0 unspecified atom stereocenters. The maximum Gasteiger partial charge on any atom is 0.339 e. The summed E-state index contributed by atoms with van der Waals surface area (Å²) in [6.45, 7) is 8.18. The fourth-order valence-electron chi connectivity index (χ4n) is 8.15. The summed E-state index contributed by atoms with van der Waals surface area (Å²) in [5.41, 5.74) is 0.111. The third-order valence-corrected chi connectivity index (χ3v) is 9.84. The number of esters is 1. The van der Waals surface area contributed by atoms with E-state index in [2.05, 4.69) is 32.9 Å². The molecule has 1 aromatic carbocycles. The fraction of sp³-hybridized carbons (Fsp3) is 0.552. The number of fused-ring (bicyclic) bond motifs is 5. The normalized spacial score (nSPS) is 41.5. The van der Waals surface area contributed by atoms with E-state index in [-0.39, 0.29) is 28.8 Å². The van der Waals surface area contributed by atoms with Crippen molar-refractivity contribution < 1.29 is 19.1 Å². The summed E-state index contributed by atoms with van der Waals surface area (Å²) in [6.07, 6.45) is 10.5. The van der Waals surface area contributed by atoms with Gasteiger partial charge in [-0.2, -0.15) is 0 Å². The van der Waals surface area contributed by atoms with Crippen LogP contribution in [0.2, 0.25) is 0 Å². The third-order valence-electron chi connectivity index (χ3n) is 9.84. The minimum Gasteiger partial charge on any atom is -0.447 e. The Morgan fingerprint density at radius 1 is 1.06 bits per heavy atom. The zero-order valence-electron chi connectivity index (χ0n) is 20.1. The van der Waals surface area contributed by atoms with Crippen LogP contribution in [0.4, 0.5) is 0 Å². The van der Waals surface area contributed by atoms with Gasteiger partial charge in [0.1, 0.15) is 0 Å². The molecular weight excluding hydrogens is 412 g/mol. The minimum absolute atomic E-state index is 0.0000828. The van der Waals surface area contributed by atoms with Crippen molar-refractivity contribution in [1.29, 1.82) is 0 Å². The Labute approximate surface area is 196 Å². The number of rotatable bonds is 3. The lowest BCUT2D eigenvalue weighted by Gasteiger charge is -2.57. The lowest BCUT2D eigenvalue weighted by Crippen LogP contribution is -2.60. The van der Waals surface area contributed by atoms with Crippen LogP contribution in [-0.4, -0.2) is 23.1 Å². The molecule has 174 valence electrons. The monoisotopic (exact) mass is 446 g/mol. The van der Waals surface area contributed by atoms with Crippen LogP contribution in [0.15, 0.2) is 54.1 Å². The molecule has 4 aliphatic carbocycles. The third kappa shape index (κ3) is 2.98. The molecule has 0 saturated heterocycles. The molecule has 2 fully saturated rings. The van der Waals surface area contributed by atoms with Crippen molar-refractivity contribution in [2.24, 2.45) is 34.5 Å². The highest BCUT2D eigenvalue weighted by Gasteiger charge is 2.70. The maximum absolute atomic E-state index is 13.4. The van der Waals surface area contributed by atoms with Gasteiger partial charge in [0.15, 0.2) is 17.2 Å². The van der Waals surface area contributed by atoms with E-state index in [1.807, 2.05) is 24.3 Å². The molecule has 0 radical (unpaired) electrons. The van der Waals surface area contributed by atoms with Crippen molar-refractivity contribution in [3.05, 3.63) is 59.7 Å². The van der Waals surface area contributed by atoms with Crippen molar-refractivity contribution in [2.45, 2.75) is 65.4 Å². The Morgan fingerprint density at radius 3 is 2.48 bits per heavy atom. The SMILES string of the molecule is CC(=O)[C@]1(OC(=O)c2ccccc2)[C@@H](C)C[C@H]2[C@@H]3C=CC4=CC(=O)CC[C@]4(C)[C@H]3CC[C@@]21C. The van der Waals surface area contributed by atoms with Crippen LogP contribution >= 0.6 is 0 Å². The lowest BCUT2D eigenvalue weighted by molar-refractivity contribution is -0.164. The van der Waals surface area contributed by atoms with Crippen LogP contribution in [-0.2, 0) is 14.3 Å². The zero-order valence-corrected chi connectivity index (χ0v) is 20.1. The Balaban J connectivity index is 1.54. The first-order chi connectivity index (χ1) is 15.6. The first kappa shape index (κ1) is 22.3. The number of benzene rings is 1. The van der Waals surface area contributed by atoms with Crippen LogP contribution < -0.4 is 0 Å². The van der Waals surface area contributed by atoms with E-state index in [1.54, 1.807) is 19.1 Å². The number of hydrogen-bond acceptors (Lipinski definition) is 4. The molecule has 1 aromatic rings. The van der Waals surface area contributed by atoms with Gasteiger partial charge in [-0.15, -0.1) is 0 Å². The summed E-state index contributed by atoms with van der Waals surface area (Å²) >= 11 is 0. The highest BCUT2D eigenvalue weighted by Crippen LogP contribution is 2.68. The quantitative estimate of drug-likeness (QED) is 0.557. The Morgan fingerprint density at radius 2 is 1.79 bits per heavy atom. The average Bonchev–Trinajstić information content (AvgIpc) is 3.02. The Kier molecular flexibility index (Phi) is 5.08. The number of carbonyl (C=O) groups is 3. The summed E-state index contributed by atoms with van der Waals surface area (Å²) in [4.78, 5) is 38.6. The second kappa shape index (κ2) is 7.51. The molecule has 0 heterocycles. The average molecular weight is 447 g/mol. The van der Waals surface area contributed by atoms with Gasteiger partial charge in [-0.05, 0) is 79.6 Å². The van der Waals surface area contributed by atoms with E-state index < -0.39 is 17.0 Å². The molecule has 2 saturated carbocycles. The van der Waals surface area contributed by atoms with Gasteiger partial charge in [0.05, 0.1) is 5.56 Å². The summed E-state index contributed by atoms with van der Waals surface area (Å²) in [5.74, 6) is 0.733. The first-order valence-corrected chi connectivity index (χ1v) is 12.4. The largest absolute Gasteiger partial charge is 0.447 e. The molecule has 4 heteroatoms. The van der Waals surface area contributed by atoms with Gasteiger partial charge >= 0.3 is 5.97 Å². The van der Waals surface area contributed by atoms with Crippen molar-refractivity contribution >= 4 is 17.5 Å². The van der Waals surface area contributed by atoms with Gasteiger partial charge in [0.2, 0.25) is 0 Å². The van der Waals surface area contributed by atoms with E-state index >= 15 is 0 Å². The zero-order chi connectivity index (χ0) is 23.6. The predicted octanol–water partition coefficient (Wildman–Crippen LogP) is 5.73. The second-order valence-corrected chi connectivity index (χ2v) is 11.3. The van der Waals surface area contributed by atoms with Crippen LogP contribution in [0.3, 0.4) is 0 Å². The lowest BCUT2D eigenvalue weighted by atomic mass is 9.48. The van der Waals surface area contributed by atoms with Gasteiger partial charge in [-0.3, -0.25) is 9.59 Å². The Bertz CT molecular complexity index is 1070. The van der Waals surface area contributed by atoms with Gasteiger partial charge in [-0.1, -0.05) is 51.1 Å². The van der Waals surface area contributed by atoms with Gasteiger partial charge in [0, 0.05) is 17.8 Å². The first-order valence-electron chi connectivity index (χ1n) is 12.4. The van der Waals surface area contributed by atoms with E-state index in [0.29, 0.717) is 23.8 Å². The molecule has 5 rings (SSSR count). The molecule has 4 nitrogen and oxygen atoms in total. The van der Waals surface area contributed by atoms with E-state index in [9.17, 15) is 14.4 Å². The predicted molar refractivity (Wildman–Crippen MR) is 126 cm³/mol. The van der Waals surface area contributed by atoms with Gasteiger partial charge < -0.3 is 4.74 Å². The summed E-state index contributed by atoms with van der Waals surface area (Å²) in [6, 6.07) is 8.99. The summed E-state index contributed by atoms with van der Waals surface area (Å²) < 4.78 is 6.29. The molecule has 0 amide bonds. The number of carbonyl (C=O) groups excluding carboxylic acids is 3. The van der Waals surface area contributed by atoms with Crippen molar-refractivity contribution in [2.75, 3.05) is 0 Å². The van der Waals surface area contributed by atoms with Crippen LogP contribution in [0, 0.1) is 34.5 Å². The number of Topliss-reactive ketones (excluding diaryl/α,β-unsaturated/α-hetero) is 1. The van der Waals surface area contributed by atoms with Crippen LogP contribution in [0.5, 0.6) is 0 Å². The summed E-state index contributed by atoms with van der Waals surface area (Å²) in [7, 11) is 0. The number of allylic oxidation sites excluding steroid dienone is 4. The van der Waals surface area contributed by atoms with E-state index in [1.165, 1.54) is 5.57 Å². The molecule has 33 heavy (non-hydrogen) atoms. The number of hydrogen-bond donors (Lipinski definition) is 0. The highest BCUT2D eigenvalue weighted by molar-refractivity contribution is 5.95. The highest BCUT2D eigenvalue weighted by atomic mass is 16.6. The fourth-order valence-corrected chi connectivity index (χ4v) is 8.15. The molecule has 4 aliphatic rings. The standard InChI is InChI=1S/C29H34O4/c1-18-16-25-23-11-10-21-17-22(31)12-14-27(21,3)24(23)13-15-28(25,4)29(18,19(2)30)33-26(32)20-8-6-5-7-9-20/h5-11,17-18,23-25H,12-16H2,1-4H3/t18-,23+,24-,25-,27-,28-,29+/m0/s1. The second-order valence-electron chi connectivity index (χ2n) is 11.3. The minimum atomic E-state index is -1.12. The van der Waals surface area contributed by atoms with E-state index in [4.69, 9.17) is 4.74 Å². The molecule has 0 aromatic heterocycles. The van der Waals surface area contributed by atoms with Gasteiger partial charge in [-0.25, -0.2) is 4.79 Å². The molecule has 0 spiro atoms. The molecule has 0 aliphatic heterocycles. The maximum atomic E-state index is 13.4. The summed E-state index contributed by atoms with van der Waals surface area (Å²) in [5, 5.41) is 0. The van der Waals surface area contributed by atoms with Gasteiger partial charge in [0.25, 0.3) is 0 Å². The molecule has 0 N–H and O–H groups in total. The molecular formula is C29H34O4. The van der Waals surface area contributed by atoms with Crippen molar-refractivity contribution in [3.63, 3.8) is 0 Å². The number of ether oxygens (including phenoxy) is 1. The van der Waals surface area contributed by atoms with E-state index in [0.717, 1.165) is 25.7 Å². The molecule has 7 atom stereocenters. The van der Waals surface area contributed by atoms with Crippen LogP contribution in [0.25, 0.3) is 0 Å². The molecule has 0 bridgehead atoms. The van der Waals surface area contributed by atoms with Crippen molar-refractivity contribution in [1.82, 2.24) is 0 Å². The van der Waals surface area contributed by atoms with Crippen LogP contribution in [0.1, 0.15) is 70.2 Å². The smallest absolute Gasteiger partial charge is 0.339 e.